The third-order valence-electron chi connectivity index (χ3n) is 4.20. The van der Waals surface area contributed by atoms with Crippen molar-refractivity contribution in [1.29, 1.82) is 0 Å². The third-order valence-corrected chi connectivity index (χ3v) is 4.20. The van der Waals surface area contributed by atoms with Gasteiger partial charge in [0.15, 0.2) is 5.75 Å². The summed E-state index contributed by atoms with van der Waals surface area (Å²) in [6.07, 6.45) is 2.28. The number of methoxy groups -OCH3 is 1. The van der Waals surface area contributed by atoms with E-state index < -0.39 is 0 Å². The van der Waals surface area contributed by atoms with Gasteiger partial charge in [-0.15, -0.1) is 0 Å². The number of rotatable bonds is 4. The Hall–Kier alpha value is -1.75. The fraction of sp³-hybridized carbons (Fsp3) is 0.562. The van der Waals surface area contributed by atoms with Gasteiger partial charge in [0.05, 0.1) is 18.4 Å². The zero-order valence-corrected chi connectivity index (χ0v) is 13.1. The summed E-state index contributed by atoms with van der Waals surface area (Å²) in [5, 5.41) is 0. The van der Waals surface area contributed by atoms with Crippen LogP contribution in [-0.2, 0) is 0 Å². The molecule has 1 aliphatic rings. The van der Waals surface area contributed by atoms with Crippen molar-refractivity contribution in [2.45, 2.75) is 12.8 Å². The van der Waals surface area contributed by atoms with E-state index in [1.807, 2.05) is 7.05 Å². The number of nitrogens with two attached hydrogens (primary N) is 1. The van der Waals surface area contributed by atoms with E-state index in [4.69, 9.17) is 10.5 Å². The number of anilines is 1. The van der Waals surface area contributed by atoms with Crippen molar-refractivity contribution >= 4 is 11.6 Å². The second kappa shape index (κ2) is 6.80. The quantitative estimate of drug-likeness (QED) is 0.858. The lowest BCUT2D eigenvalue weighted by atomic mass is 9.96. The van der Waals surface area contributed by atoms with Crippen molar-refractivity contribution in [1.82, 2.24) is 9.80 Å². The molecular formula is C16H25N3O2. The van der Waals surface area contributed by atoms with Crippen LogP contribution >= 0.6 is 0 Å². The number of benzene rings is 1. The lowest BCUT2D eigenvalue weighted by molar-refractivity contribution is 0.0744. The highest BCUT2D eigenvalue weighted by molar-refractivity contribution is 5.98. The van der Waals surface area contributed by atoms with E-state index in [1.54, 1.807) is 30.2 Å². The van der Waals surface area contributed by atoms with E-state index in [0.29, 0.717) is 22.9 Å². The zero-order valence-electron chi connectivity index (χ0n) is 13.1. The molecule has 0 aliphatic carbocycles. The number of carbonyl (C=O) groups is 1. The van der Waals surface area contributed by atoms with E-state index >= 15 is 0 Å². The largest absolute Gasteiger partial charge is 0.494 e. The van der Waals surface area contributed by atoms with Gasteiger partial charge < -0.3 is 20.3 Å². The van der Waals surface area contributed by atoms with Gasteiger partial charge in [-0.3, -0.25) is 4.79 Å². The summed E-state index contributed by atoms with van der Waals surface area (Å²) in [6, 6.07) is 5.30. The SMILES string of the molecule is COc1c(N)cccc1C(=O)N(C)CC1CCN(C)CC1. The molecule has 1 aromatic rings. The summed E-state index contributed by atoms with van der Waals surface area (Å²) in [4.78, 5) is 16.7. The van der Waals surface area contributed by atoms with E-state index in [9.17, 15) is 4.79 Å². The molecule has 0 spiro atoms. The predicted molar refractivity (Wildman–Crippen MR) is 84.6 cm³/mol. The summed E-state index contributed by atoms with van der Waals surface area (Å²) in [7, 11) is 5.53. The Morgan fingerprint density at radius 3 is 2.71 bits per heavy atom. The first-order chi connectivity index (χ1) is 10.0. The number of hydrogen-bond donors (Lipinski definition) is 1. The maximum atomic E-state index is 12.6. The van der Waals surface area contributed by atoms with Gasteiger partial charge in [-0.05, 0) is 51.0 Å². The molecule has 0 aromatic heterocycles. The number of carbonyl (C=O) groups excluding carboxylic acids is 1. The van der Waals surface area contributed by atoms with E-state index in [0.717, 1.165) is 32.5 Å². The minimum Gasteiger partial charge on any atom is -0.494 e. The molecule has 5 heteroatoms. The second-order valence-electron chi connectivity index (χ2n) is 5.86. The third kappa shape index (κ3) is 3.67. The number of likely N-dealkylation sites (tertiary alicyclic amines) is 1. The van der Waals surface area contributed by atoms with Crippen LogP contribution in [0.15, 0.2) is 18.2 Å². The highest BCUT2D eigenvalue weighted by atomic mass is 16.5. The fourth-order valence-electron chi connectivity index (χ4n) is 2.87. The van der Waals surface area contributed by atoms with Crippen molar-refractivity contribution in [3.8, 4) is 5.75 Å². The standard InChI is InChI=1S/C16H25N3O2/c1-18-9-7-12(8-10-18)11-19(2)16(20)13-5-4-6-14(17)15(13)21-3/h4-6,12H,7-11,17H2,1-3H3. The van der Waals surface area contributed by atoms with Crippen LogP contribution in [0.2, 0.25) is 0 Å². The van der Waals surface area contributed by atoms with Gasteiger partial charge in [-0.1, -0.05) is 6.07 Å². The Labute approximate surface area is 126 Å². The van der Waals surface area contributed by atoms with Gasteiger partial charge in [0.1, 0.15) is 0 Å². The smallest absolute Gasteiger partial charge is 0.257 e. The Morgan fingerprint density at radius 2 is 2.10 bits per heavy atom. The van der Waals surface area contributed by atoms with E-state index in [-0.39, 0.29) is 5.91 Å². The van der Waals surface area contributed by atoms with Crippen molar-refractivity contribution in [2.24, 2.45) is 5.92 Å². The predicted octanol–water partition coefficient (Wildman–Crippen LogP) is 1.69. The first-order valence-electron chi connectivity index (χ1n) is 7.39. The van der Waals surface area contributed by atoms with Crippen molar-refractivity contribution in [3.05, 3.63) is 23.8 Å². The number of nitrogen functional groups attached to an aromatic ring is 1. The van der Waals surface area contributed by atoms with Crippen LogP contribution < -0.4 is 10.5 Å². The maximum absolute atomic E-state index is 12.6. The Balaban J connectivity index is 2.04. The van der Waals surface area contributed by atoms with Crippen molar-refractivity contribution in [3.63, 3.8) is 0 Å². The molecule has 2 N–H and O–H groups in total. The van der Waals surface area contributed by atoms with Gasteiger partial charge in [0, 0.05) is 13.6 Å². The minimum absolute atomic E-state index is 0.0296. The van der Waals surface area contributed by atoms with E-state index in [1.165, 1.54) is 0 Å². The second-order valence-corrected chi connectivity index (χ2v) is 5.86. The van der Waals surface area contributed by atoms with Gasteiger partial charge in [-0.25, -0.2) is 0 Å². The van der Waals surface area contributed by atoms with Crippen LogP contribution in [0.25, 0.3) is 0 Å². The Kier molecular flexibility index (Phi) is 5.07. The summed E-state index contributed by atoms with van der Waals surface area (Å²) in [5.74, 6) is 1.01. The molecule has 1 fully saturated rings. The number of ether oxygens (including phenoxy) is 1. The van der Waals surface area contributed by atoms with Gasteiger partial charge in [-0.2, -0.15) is 0 Å². The van der Waals surface area contributed by atoms with Gasteiger partial charge >= 0.3 is 0 Å². The molecule has 5 nitrogen and oxygen atoms in total. The molecule has 1 aliphatic heterocycles. The maximum Gasteiger partial charge on any atom is 0.257 e. The normalized spacial score (nSPS) is 16.7. The first-order valence-corrected chi connectivity index (χ1v) is 7.39. The molecular weight excluding hydrogens is 266 g/mol. The van der Waals surface area contributed by atoms with E-state index in [2.05, 4.69) is 11.9 Å². The molecule has 0 bridgehead atoms. The molecule has 0 unspecified atom stereocenters. The molecule has 0 saturated carbocycles. The van der Waals surface area contributed by atoms with Crippen molar-refractivity contribution in [2.75, 3.05) is 46.6 Å². The molecule has 21 heavy (non-hydrogen) atoms. The van der Waals surface area contributed by atoms with Gasteiger partial charge in [0.25, 0.3) is 5.91 Å². The summed E-state index contributed by atoms with van der Waals surface area (Å²) < 4.78 is 5.27. The number of nitrogens with zero attached hydrogens (tertiary/aromatic N) is 2. The van der Waals surface area contributed by atoms with Crippen LogP contribution in [-0.4, -0.2) is 56.5 Å². The molecule has 1 amide bonds. The van der Waals surface area contributed by atoms with Crippen LogP contribution in [0.3, 0.4) is 0 Å². The molecule has 1 saturated heterocycles. The lowest BCUT2D eigenvalue weighted by Crippen LogP contribution is -2.38. The Morgan fingerprint density at radius 1 is 1.43 bits per heavy atom. The average Bonchev–Trinajstić information content (AvgIpc) is 2.48. The number of piperidine rings is 1. The first kappa shape index (κ1) is 15.6. The zero-order chi connectivity index (χ0) is 15.4. The molecule has 1 aromatic carbocycles. The minimum atomic E-state index is -0.0296. The highest BCUT2D eigenvalue weighted by Gasteiger charge is 2.23. The molecule has 0 atom stereocenters. The monoisotopic (exact) mass is 291 g/mol. The average molecular weight is 291 g/mol. The molecule has 2 rings (SSSR count). The van der Waals surface area contributed by atoms with Gasteiger partial charge in [0.2, 0.25) is 0 Å². The summed E-state index contributed by atoms with van der Waals surface area (Å²) in [6.45, 7) is 2.99. The van der Waals surface area contributed by atoms with Crippen molar-refractivity contribution < 1.29 is 9.53 Å². The summed E-state index contributed by atoms with van der Waals surface area (Å²) in [5.41, 5.74) is 6.90. The number of hydrogen-bond acceptors (Lipinski definition) is 4. The van der Waals surface area contributed by atoms with Crippen LogP contribution in [0.1, 0.15) is 23.2 Å². The fourth-order valence-corrected chi connectivity index (χ4v) is 2.87. The number of amides is 1. The Bertz CT molecular complexity index is 496. The van der Waals surface area contributed by atoms with Crippen LogP contribution in [0.5, 0.6) is 5.75 Å². The van der Waals surface area contributed by atoms with Crippen LogP contribution in [0, 0.1) is 5.92 Å². The van der Waals surface area contributed by atoms with Crippen LogP contribution in [0.4, 0.5) is 5.69 Å². The molecule has 116 valence electrons. The highest BCUT2D eigenvalue weighted by Crippen LogP contribution is 2.27. The topological polar surface area (TPSA) is 58.8 Å². The summed E-state index contributed by atoms with van der Waals surface area (Å²) >= 11 is 0. The molecule has 0 radical (unpaired) electrons. The molecule has 1 heterocycles. The lowest BCUT2D eigenvalue weighted by Gasteiger charge is -2.31. The number of para-hydroxylation sites is 1.